The standard InChI is InChI=1S/C54H52N3O.Pt/c1-35(2)29-39-33-44(25-26-45(39)37-15-10-9-11-16-37)57-49-19-14-18-46(51(49)56-52(57)47-17-12-13-20-50(47)58)40-30-41(32-43(31-40)54(6,7)8)48-34-38(27-28-55-48)36-21-23-42(24-22-36)53(3,4)5;/h9-28,31-35,58H,29H2,1-8H3;/q-1;. The van der Waals surface area contributed by atoms with Crippen LogP contribution in [0.3, 0.4) is 0 Å². The number of benzene rings is 6. The first-order valence-corrected chi connectivity index (χ1v) is 20.4. The van der Waals surface area contributed by atoms with Crippen molar-refractivity contribution in [3.63, 3.8) is 0 Å². The molecule has 2 heterocycles. The molecular weight excluding hydrogens is 902 g/mol. The van der Waals surface area contributed by atoms with E-state index in [0.29, 0.717) is 17.3 Å². The van der Waals surface area contributed by atoms with Gasteiger partial charge >= 0.3 is 0 Å². The average Bonchev–Trinajstić information content (AvgIpc) is 3.60. The maximum Gasteiger partial charge on any atom is 0.148 e. The molecule has 0 aliphatic rings. The quantitative estimate of drug-likeness (QED) is 0.154. The molecule has 59 heavy (non-hydrogen) atoms. The van der Waals surface area contributed by atoms with Gasteiger partial charge in [0, 0.05) is 38.6 Å². The van der Waals surface area contributed by atoms with Crippen LogP contribution < -0.4 is 0 Å². The molecule has 6 aromatic carbocycles. The van der Waals surface area contributed by atoms with E-state index in [2.05, 4.69) is 181 Å². The zero-order valence-electron chi connectivity index (χ0n) is 35.2. The van der Waals surface area contributed by atoms with Crippen molar-refractivity contribution in [3.8, 4) is 67.5 Å². The molecule has 8 aromatic rings. The molecule has 0 amide bonds. The molecule has 8 rings (SSSR count). The Balaban J connectivity index is 0.00000528. The second-order valence-electron chi connectivity index (χ2n) is 18.0. The Bertz CT molecular complexity index is 2750. The number of fused-ring (bicyclic) bond motifs is 1. The largest absolute Gasteiger partial charge is 0.507 e. The minimum Gasteiger partial charge on any atom is -0.507 e. The van der Waals surface area contributed by atoms with E-state index >= 15 is 0 Å². The number of hydrogen-bond donors (Lipinski definition) is 1. The fraction of sp³-hybridized carbons (Fsp3) is 0.222. The monoisotopic (exact) mass is 953 g/mol. The van der Waals surface area contributed by atoms with Crippen molar-refractivity contribution in [2.24, 2.45) is 5.92 Å². The Morgan fingerprint density at radius 1 is 0.610 bits per heavy atom. The minimum absolute atomic E-state index is 0. The van der Waals surface area contributed by atoms with Gasteiger partial charge in [-0.05, 0) is 92.9 Å². The molecule has 0 atom stereocenters. The Morgan fingerprint density at radius 3 is 1.98 bits per heavy atom. The smallest absolute Gasteiger partial charge is 0.148 e. The number of nitrogens with zero attached hydrogens (tertiary/aromatic N) is 3. The normalized spacial score (nSPS) is 11.9. The van der Waals surface area contributed by atoms with Crippen molar-refractivity contribution in [1.82, 2.24) is 14.5 Å². The van der Waals surface area contributed by atoms with Gasteiger partial charge in [-0.25, -0.2) is 4.98 Å². The van der Waals surface area contributed by atoms with Gasteiger partial charge in [0.05, 0.1) is 16.6 Å². The SMILES string of the molecule is CC(C)Cc1cc(-n2c(-c3ccccc3O)nc3c(-c4[c-]c(-c5cc(-c6ccc(C(C)(C)C)cc6)ccn5)cc(C(C)(C)C)c4)cccc32)ccc1-c1ccccc1.[Pt]. The molecule has 0 radical (unpaired) electrons. The van der Waals surface area contributed by atoms with Crippen LogP contribution in [0, 0.1) is 12.0 Å². The first kappa shape index (κ1) is 41.6. The molecule has 0 saturated heterocycles. The fourth-order valence-electron chi connectivity index (χ4n) is 7.85. The van der Waals surface area contributed by atoms with Crippen LogP contribution >= 0.6 is 0 Å². The molecule has 1 N–H and O–H groups in total. The Morgan fingerprint density at radius 2 is 1.29 bits per heavy atom. The molecule has 300 valence electrons. The van der Waals surface area contributed by atoms with Crippen molar-refractivity contribution in [2.45, 2.75) is 72.6 Å². The molecular formula is C54H52N3OPt-. The van der Waals surface area contributed by atoms with Crippen molar-refractivity contribution in [1.29, 1.82) is 0 Å². The summed E-state index contributed by atoms with van der Waals surface area (Å²) in [5.74, 6) is 1.33. The summed E-state index contributed by atoms with van der Waals surface area (Å²) in [4.78, 5) is 10.3. The van der Waals surface area contributed by atoms with Gasteiger partial charge < -0.3 is 5.11 Å². The second kappa shape index (κ2) is 16.6. The van der Waals surface area contributed by atoms with Crippen molar-refractivity contribution >= 4 is 11.0 Å². The fourth-order valence-corrected chi connectivity index (χ4v) is 7.85. The van der Waals surface area contributed by atoms with Crippen LogP contribution in [0.25, 0.3) is 72.7 Å². The zero-order valence-corrected chi connectivity index (χ0v) is 37.5. The number of imidazole rings is 1. The van der Waals surface area contributed by atoms with E-state index in [1.165, 1.54) is 27.8 Å². The predicted molar refractivity (Wildman–Crippen MR) is 242 cm³/mol. The summed E-state index contributed by atoms with van der Waals surface area (Å²) in [5, 5.41) is 11.3. The maximum atomic E-state index is 11.3. The van der Waals surface area contributed by atoms with Crippen LogP contribution in [0.5, 0.6) is 5.75 Å². The summed E-state index contributed by atoms with van der Waals surface area (Å²) < 4.78 is 2.21. The molecule has 0 unspecified atom stereocenters. The van der Waals surface area contributed by atoms with Gasteiger partial charge in [-0.3, -0.25) is 9.55 Å². The van der Waals surface area contributed by atoms with Crippen molar-refractivity contribution < 1.29 is 26.2 Å². The Labute approximate surface area is 364 Å². The van der Waals surface area contributed by atoms with Gasteiger partial charge in [0.15, 0.2) is 0 Å². The maximum absolute atomic E-state index is 11.3. The zero-order chi connectivity index (χ0) is 40.8. The number of phenols is 1. The molecule has 0 spiro atoms. The van der Waals surface area contributed by atoms with Crippen LogP contribution in [0.4, 0.5) is 0 Å². The molecule has 0 aliphatic heterocycles. The van der Waals surface area contributed by atoms with Crippen LogP contribution in [-0.2, 0) is 38.3 Å². The summed E-state index contributed by atoms with van der Waals surface area (Å²) in [7, 11) is 0. The van der Waals surface area contributed by atoms with Gasteiger partial charge in [-0.15, -0.1) is 29.3 Å². The number of rotatable bonds is 8. The van der Waals surface area contributed by atoms with E-state index in [4.69, 9.17) is 9.97 Å². The molecule has 0 saturated carbocycles. The van der Waals surface area contributed by atoms with Crippen molar-refractivity contribution in [3.05, 3.63) is 168 Å². The Kier molecular flexibility index (Phi) is 11.7. The number of aromatic nitrogens is 3. The summed E-state index contributed by atoms with van der Waals surface area (Å²) in [6.07, 6.45) is 2.83. The van der Waals surface area contributed by atoms with Gasteiger partial charge in [0.1, 0.15) is 11.6 Å². The second-order valence-corrected chi connectivity index (χ2v) is 18.0. The molecule has 0 aliphatic carbocycles. The molecule has 5 heteroatoms. The van der Waals surface area contributed by atoms with Crippen LogP contribution in [0.2, 0.25) is 0 Å². The third kappa shape index (κ3) is 8.61. The van der Waals surface area contributed by atoms with Gasteiger partial charge in [0.25, 0.3) is 0 Å². The first-order chi connectivity index (χ1) is 27.7. The van der Waals surface area contributed by atoms with E-state index in [1.807, 2.05) is 24.4 Å². The number of aromatic hydroxyl groups is 1. The van der Waals surface area contributed by atoms with E-state index in [1.54, 1.807) is 6.07 Å². The predicted octanol–water partition coefficient (Wildman–Crippen LogP) is 14.1. The molecule has 4 nitrogen and oxygen atoms in total. The van der Waals surface area contributed by atoms with Crippen LogP contribution in [0.1, 0.15) is 72.1 Å². The number of hydrogen-bond acceptors (Lipinski definition) is 3. The number of phenolic OH excluding ortho intramolecular Hbond substituents is 1. The van der Waals surface area contributed by atoms with Gasteiger partial charge in [-0.2, -0.15) is 0 Å². The van der Waals surface area contributed by atoms with Crippen LogP contribution in [0.15, 0.2) is 146 Å². The third-order valence-electron chi connectivity index (χ3n) is 11.0. The van der Waals surface area contributed by atoms with E-state index < -0.39 is 0 Å². The topological polar surface area (TPSA) is 50.9 Å². The van der Waals surface area contributed by atoms with Gasteiger partial charge in [-0.1, -0.05) is 158 Å². The summed E-state index contributed by atoms with van der Waals surface area (Å²) >= 11 is 0. The van der Waals surface area contributed by atoms with E-state index in [0.717, 1.165) is 56.7 Å². The van der Waals surface area contributed by atoms with Crippen molar-refractivity contribution in [2.75, 3.05) is 0 Å². The molecule has 0 fully saturated rings. The number of para-hydroxylation sites is 2. The van der Waals surface area contributed by atoms with Crippen LogP contribution in [-0.4, -0.2) is 19.6 Å². The Hall–Kier alpha value is -5.57. The average molecular weight is 954 g/mol. The summed E-state index contributed by atoms with van der Waals surface area (Å²) in [6, 6.07) is 52.6. The number of pyridine rings is 1. The third-order valence-corrected chi connectivity index (χ3v) is 11.0. The first-order valence-electron chi connectivity index (χ1n) is 20.4. The molecule has 0 bridgehead atoms. The summed E-state index contributed by atoms with van der Waals surface area (Å²) in [5.41, 5.74) is 15.6. The van der Waals surface area contributed by atoms with E-state index in [9.17, 15) is 5.11 Å². The molecule has 2 aromatic heterocycles. The summed E-state index contributed by atoms with van der Waals surface area (Å²) in [6.45, 7) is 18.0. The van der Waals surface area contributed by atoms with E-state index in [-0.39, 0.29) is 37.6 Å². The minimum atomic E-state index is -0.138. The van der Waals surface area contributed by atoms with Gasteiger partial charge in [0.2, 0.25) is 0 Å².